The number of hydrogen-bond acceptors (Lipinski definition) is 4. The fraction of sp³-hybridized carbons (Fsp3) is 0.417. The summed E-state index contributed by atoms with van der Waals surface area (Å²) in [6.45, 7) is 8.78. The summed E-state index contributed by atoms with van der Waals surface area (Å²) in [5.41, 5.74) is 2.71. The monoisotopic (exact) mass is 428 g/mol. The number of halogens is 1. The molecule has 162 valence electrons. The predicted octanol–water partition coefficient (Wildman–Crippen LogP) is 5.23. The van der Waals surface area contributed by atoms with Crippen LogP contribution >= 0.6 is 12.4 Å². The smallest absolute Gasteiger partial charge is 0.272 e. The Balaban J connectivity index is 0.00000320. The summed E-state index contributed by atoms with van der Waals surface area (Å²) in [6.07, 6.45) is 3.55. The van der Waals surface area contributed by atoms with Crippen LogP contribution in [0.4, 0.5) is 5.69 Å². The molecule has 0 radical (unpaired) electrons. The van der Waals surface area contributed by atoms with E-state index in [0.29, 0.717) is 17.3 Å². The van der Waals surface area contributed by atoms with E-state index in [9.17, 15) is 4.79 Å². The number of rotatable bonds is 10. The van der Waals surface area contributed by atoms with Crippen LogP contribution in [0.2, 0.25) is 0 Å². The van der Waals surface area contributed by atoms with E-state index in [-0.39, 0.29) is 18.0 Å². The van der Waals surface area contributed by atoms with Crippen molar-refractivity contribution in [3.8, 4) is 11.3 Å². The normalized spacial score (nSPS) is 12.0. The number of aromatic amines is 1. The highest BCUT2D eigenvalue weighted by atomic mass is 35.5. The van der Waals surface area contributed by atoms with E-state index in [2.05, 4.69) is 53.7 Å². The van der Waals surface area contributed by atoms with Gasteiger partial charge in [-0.25, -0.2) is 5.10 Å². The Morgan fingerprint density at radius 2 is 1.67 bits per heavy atom. The van der Waals surface area contributed by atoms with Gasteiger partial charge >= 0.3 is 0 Å². The van der Waals surface area contributed by atoms with Crippen molar-refractivity contribution in [3.63, 3.8) is 0 Å². The molecule has 3 N–H and O–H groups in total. The van der Waals surface area contributed by atoms with Gasteiger partial charge in [0.2, 0.25) is 0 Å². The minimum Gasteiger partial charge on any atom is -0.385 e. The van der Waals surface area contributed by atoms with Gasteiger partial charge in [-0.2, -0.15) is 5.10 Å². The molecular weight excluding hydrogens is 396 g/mol. The molecule has 1 aromatic heterocycles. The van der Waals surface area contributed by atoms with E-state index in [1.807, 2.05) is 36.4 Å². The minimum absolute atomic E-state index is 0. The van der Waals surface area contributed by atoms with Gasteiger partial charge in [0.25, 0.3) is 5.56 Å². The van der Waals surface area contributed by atoms with Crippen molar-refractivity contribution in [2.24, 2.45) is 5.92 Å². The molecule has 30 heavy (non-hydrogen) atoms. The predicted molar refractivity (Wildman–Crippen MR) is 130 cm³/mol. The van der Waals surface area contributed by atoms with Crippen molar-refractivity contribution in [1.82, 2.24) is 15.5 Å². The molecule has 0 fully saturated rings. The summed E-state index contributed by atoms with van der Waals surface area (Å²) >= 11 is 0. The number of anilines is 1. The maximum atomic E-state index is 12.0. The molecule has 1 atom stereocenters. The van der Waals surface area contributed by atoms with Gasteiger partial charge in [0.15, 0.2) is 0 Å². The van der Waals surface area contributed by atoms with Crippen LogP contribution in [0.5, 0.6) is 0 Å². The van der Waals surface area contributed by atoms with Gasteiger partial charge in [-0.15, -0.1) is 12.4 Å². The number of hydrogen-bond donors (Lipinski definition) is 3. The van der Waals surface area contributed by atoms with Crippen LogP contribution in [0.25, 0.3) is 22.0 Å². The van der Waals surface area contributed by atoms with Gasteiger partial charge < -0.3 is 10.6 Å². The van der Waals surface area contributed by atoms with Crippen LogP contribution < -0.4 is 16.2 Å². The molecule has 0 amide bonds. The van der Waals surface area contributed by atoms with Crippen LogP contribution in [0.3, 0.4) is 0 Å². The molecule has 3 rings (SSSR count). The molecule has 0 saturated heterocycles. The SMILES string of the molecule is CC(C)C(C)NCCCCCNc1cccc(-c2n[nH]c(=O)c3ccccc23)c1.Cl. The second-order valence-corrected chi connectivity index (χ2v) is 8.00. The fourth-order valence-corrected chi connectivity index (χ4v) is 3.34. The van der Waals surface area contributed by atoms with Crippen molar-refractivity contribution >= 4 is 28.9 Å². The highest BCUT2D eigenvalue weighted by Crippen LogP contribution is 2.26. The molecule has 3 aromatic rings. The molecule has 6 heteroatoms. The second kappa shape index (κ2) is 11.7. The lowest BCUT2D eigenvalue weighted by atomic mass is 10.0. The van der Waals surface area contributed by atoms with Crippen LogP contribution in [0, 0.1) is 5.92 Å². The zero-order valence-corrected chi connectivity index (χ0v) is 18.9. The molecule has 0 aliphatic carbocycles. The number of nitrogens with one attached hydrogen (secondary N) is 3. The van der Waals surface area contributed by atoms with E-state index in [1.165, 1.54) is 12.8 Å². The first-order valence-electron chi connectivity index (χ1n) is 10.6. The number of nitrogens with zero attached hydrogens (tertiary/aromatic N) is 1. The molecule has 2 aromatic carbocycles. The van der Waals surface area contributed by atoms with Crippen molar-refractivity contribution < 1.29 is 0 Å². The topological polar surface area (TPSA) is 69.8 Å². The molecule has 1 unspecified atom stereocenters. The Kier molecular flexibility index (Phi) is 9.34. The maximum absolute atomic E-state index is 12.0. The van der Waals surface area contributed by atoms with Gasteiger partial charge in [-0.05, 0) is 50.4 Å². The summed E-state index contributed by atoms with van der Waals surface area (Å²) in [6, 6.07) is 16.4. The molecule has 0 spiro atoms. The summed E-state index contributed by atoms with van der Waals surface area (Å²) in [7, 11) is 0. The molecule has 1 heterocycles. The zero-order chi connectivity index (χ0) is 20.6. The summed E-state index contributed by atoms with van der Waals surface area (Å²) < 4.78 is 0. The average molecular weight is 429 g/mol. The van der Waals surface area contributed by atoms with E-state index in [1.54, 1.807) is 0 Å². The zero-order valence-electron chi connectivity index (χ0n) is 18.1. The standard InChI is InChI=1S/C24H32N4O.ClH/c1-17(2)18(3)25-14-7-4-8-15-26-20-11-9-10-19(16-20)23-21-12-5-6-13-22(21)24(29)28-27-23;/h5-6,9-13,16-18,25-26H,4,7-8,14-15H2,1-3H3,(H,28,29);1H. The lowest BCUT2D eigenvalue weighted by Crippen LogP contribution is -2.31. The van der Waals surface area contributed by atoms with Crippen LogP contribution in [0.15, 0.2) is 53.3 Å². The Bertz CT molecular complexity index is 986. The summed E-state index contributed by atoms with van der Waals surface area (Å²) in [5, 5.41) is 15.5. The lowest BCUT2D eigenvalue weighted by Gasteiger charge is -2.17. The Morgan fingerprint density at radius 1 is 0.933 bits per heavy atom. The van der Waals surface area contributed by atoms with Crippen LogP contribution in [-0.4, -0.2) is 29.3 Å². The average Bonchev–Trinajstić information content (AvgIpc) is 2.73. The van der Waals surface area contributed by atoms with Gasteiger partial charge in [0.1, 0.15) is 0 Å². The molecule has 0 aliphatic heterocycles. The van der Waals surface area contributed by atoms with E-state index in [0.717, 1.165) is 41.8 Å². The summed E-state index contributed by atoms with van der Waals surface area (Å²) in [5.74, 6) is 0.679. The van der Waals surface area contributed by atoms with Crippen molar-refractivity contribution in [1.29, 1.82) is 0 Å². The van der Waals surface area contributed by atoms with Crippen LogP contribution in [-0.2, 0) is 0 Å². The molecular formula is C24H33ClN4O. The maximum Gasteiger partial charge on any atom is 0.272 e. The van der Waals surface area contributed by atoms with Crippen molar-refractivity contribution in [2.45, 2.75) is 46.1 Å². The first-order valence-corrected chi connectivity index (χ1v) is 10.6. The lowest BCUT2D eigenvalue weighted by molar-refractivity contribution is 0.421. The van der Waals surface area contributed by atoms with E-state index < -0.39 is 0 Å². The third-order valence-corrected chi connectivity index (χ3v) is 5.48. The Hall–Kier alpha value is -2.37. The molecule has 0 aliphatic rings. The van der Waals surface area contributed by atoms with E-state index in [4.69, 9.17) is 0 Å². The quantitative estimate of drug-likeness (QED) is 0.387. The van der Waals surface area contributed by atoms with Crippen molar-refractivity contribution in [2.75, 3.05) is 18.4 Å². The molecule has 5 nitrogen and oxygen atoms in total. The minimum atomic E-state index is -0.157. The number of benzene rings is 2. The van der Waals surface area contributed by atoms with Gasteiger partial charge in [0.05, 0.1) is 11.1 Å². The van der Waals surface area contributed by atoms with E-state index >= 15 is 0 Å². The highest BCUT2D eigenvalue weighted by molar-refractivity contribution is 5.94. The van der Waals surface area contributed by atoms with Gasteiger partial charge in [0, 0.05) is 29.2 Å². The summed E-state index contributed by atoms with van der Waals surface area (Å²) in [4.78, 5) is 12.0. The third-order valence-electron chi connectivity index (χ3n) is 5.48. The fourth-order valence-electron chi connectivity index (χ4n) is 3.34. The Labute approximate surface area is 185 Å². The molecule has 0 saturated carbocycles. The molecule has 0 bridgehead atoms. The number of unbranched alkanes of at least 4 members (excludes halogenated alkanes) is 2. The van der Waals surface area contributed by atoms with Crippen molar-refractivity contribution in [3.05, 3.63) is 58.9 Å². The highest BCUT2D eigenvalue weighted by Gasteiger charge is 2.09. The van der Waals surface area contributed by atoms with Gasteiger partial charge in [-0.3, -0.25) is 4.79 Å². The largest absolute Gasteiger partial charge is 0.385 e. The first-order chi connectivity index (χ1) is 14.1. The third kappa shape index (κ3) is 6.31. The number of H-pyrrole nitrogens is 1. The second-order valence-electron chi connectivity index (χ2n) is 8.00. The number of aromatic nitrogens is 2. The van der Waals surface area contributed by atoms with Gasteiger partial charge in [-0.1, -0.05) is 50.6 Å². The first kappa shape index (κ1) is 23.9. The Morgan fingerprint density at radius 3 is 2.43 bits per heavy atom. The van der Waals surface area contributed by atoms with Crippen LogP contribution in [0.1, 0.15) is 40.0 Å². The number of fused-ring (bicyclic) bond motifs is 1.